The van der Waals surface area contributed by atoms with E-state index in [2.05, 4.69) is 17.1 Å². The highest BCUT2D eigenvalue weighted by Gasteiger charge is 2.41. The van der Waals surface area contributed by atoms with Gasteiger partial charge in [-0.1, -0.05) is 19.0 Å². The van der Waals surface area contributed by atoms with E-state index in [1.54, 1.807) is 0 Å². The molecule has 1 N–H and O–H groups in total. The number of aliphatic carboxylic acids is 1. The van der Waals surface area contributed by atoms with Gasteiger partial charge in [0.2, 0.25) is 5.89 Å². The van der Waals surface area contributed by atoms with Gasteiger partial charge in [-0.25, -0.2) is 0 Å². The highest BCUT2D eigenvalue weighted by atomic mass is 16.5. The van der Waals surface area contributed by atoms with Crippen LogP contribution in [-0.2, 0) is 16.1 Å². The van der Waals surface area contributed by atoms with Gasteiger partial charge in [0.25, 0.3) is 0 Å². The standard InChI is InChI=1S/C13H20N2O4/c1-3-4-18-7-11-14-12(19-15-11)9-5-8(2)6-10(9)13(16)17/h8-10H,3-7H2,1-2H3,(H,16,17). The Kier molecular flexibility index (Phi) is 4.52. The zero-order valence-corrected chi connectivity index (χ0v) is 11.3. The highest BCUT2D eigenvalue weighted by Crippen LogP contribution is 2.42. The second-order valence-electron chi connectivity index (χ2n) is 5.23. The molecule has 2 rings (SSSR count). The van der Waals surface area contributed by atoms with Crippen LogP contribution in [-0.4, -0.2) is 27.8 Å². The second kappa shape index (κ2) is 6.14. The van der Waals surface area contributed by atoms with Gasteiger partial charge in [0.05, 0.1) is 11.8 Å². The van der Waals surface area contributed by atoms with Gasteiger partial charge in [-0.2, -0.15) is 4.98 Å². The summed E-state index contributed by atoms with van der Waals surface area (Å²) < 4.78 is 10.5. The van der Waals surface area contributed by atoms with Gasteiger partial charge in [-0.15, -0.1) is 0 Å². The second-order valence-corrected chi connectivity index (χ2v) is 5.23. The number of aromatic nitrogens is 2. The van der Waals surface area contributed by atoms with Crippen molar-refractivity contribution >= 4 is 5.97 Å². The number of carboxylic acid groups (broad SMARTS) is 1. The molecule has 1 fully saturated rings. The van der Waals surface area contributed by atoms with Crippen LogP contribution in [0.1, 0.15) is 50.7 Å². The molecule has 0 saturated heterocycles. The lowest BCUT2D eigenvalue weighted by atomic mass is 9.96. The summed E-state index contributed by atoms with van der Waals surface area (Å²) >= 11 is 0. The molecule has 0 amide bonds. The number of ether oxygens (including phenoxy) is 1. The van der Waals surface area contributed by atoms with E-state index >= 15 is 0 Å². The maximum atomic E-state index is 11.2. The van der Waals surface area contributed by atoms with Crippen LogP contribution in [0.2, 0.25) is 0 Å². The van der Waals surface area contributed by atoms with Crippen LogP contribution >= 0.6 is 0 Å². The fraction of sp³-hybridized carbons (Fsp3) is 0.769. The minimum Gasteiger partial charge on any atom is -0.481 e. The van der Waals surface area contributed by atoms with Gasteiger partial charge < -0.3 is 14.4 Å². The number of carbonyl (C=O) groups is 1. The third-order valence-corrected chi connectivity index (χ3v) is 3.50. The molecular weight excluding hydrogens is 248 g/mol. The predicted molar refractivity (Wildman–Crippen MR) is 66.5 cm³/mol. The van der Waals surface area contributed by atoms with Gasteiger partial charge in [0, 0.05) is 6.61 Å². The van der Waals surface area contributed by atoms with Gasteiger partial charge in [-0.3, -0.25) is 4.79 Å². The maximum absolute atomic E-state index is 11.2. The summed E-state index contributed by atoms with van der Waals surface area (Å²) in [5.41, 5.74) is 0. The van der Waals surface area contributed by atoms with Crippen molar-refractivity contribution < 1.29 is 19.2 Å². The van der Waals surface area contributed by atoms with Crippen molar-refractivity contribution in [2.24, 2.45) is 11.8 Å². The number of hydrogen-bond donors (Lipinski definition) is 1. The molecular formula is C13H20N2O4. The van der Waals surface area contributed by atoms with Crippen molar-refractivity contribution in [3.63, 3.8) is 0 Å². The Morgan fingerprint density at radius 1 is 1.53 bits per heavy atom. The molecule has 1 heterocycles. The summed E-state index contributed by atoms with van der Waals surface area (Å²) in [6.07, 6.45) is 2.39. The van der Waals surface area contributed by atoms with Crippen molar-refractivity contribution in [2.45, 2.75) is 45.6 Å². The normalized spacial score (nSPS) is 26.7. The van der Waals surface area contributed by atoms with E-state index in [0.717, 1.165) is 12.8 Å². The summed E-state index contributed by atoms with van der Waals surface area (Å²) in [6.45, 7) is 5.05. The maximum Gasteiger partial charge on any atom is 0.307 e. The van der Waals surface area contributed by atoms with Gasteiger partial charge in [0.15, 0.2) is 5.82 Å². The molecule has 1 aromatic rings. The van der Waals surface area contributed by atoms with Crippen LogP contribution in [0.5, 0.6) is 0 Å². The van der Waals surface area contributed by atoms with Crippen LogP contribution in [0.3, 0.4) is 0 Å². The van der Waals surface area contributed by atoms with Crippen molar-refractivity contribution in [2.75, 3.05) is 6.61 Å². The monoisotopic (exact) mass is 268 g/mol. The van der Waals surface area contributed by atoms with E-state index in [1.165, 1.54) is 0 Å². The Balaban J connectivity index is 2.02. The third-order valence-electron chi connectivity index (χ3n) is 3.50. The van der Waals surface area contributed by atoms with E-state index in [4.69, 9.17) is 9.26 Å². The van der Waals surface area contributed by atoms with Crippen LogP contribution in [0, 0.1) is 11.8 Å². The fourth-order valence-corrected chi connectivity index (χ4v) is 2.62. The number of hydrogen-bond acceptors (Lipinski definition) is 5. The van der Waals surface area contributed by atoms with Gasteiger partial charge in [0.1, 0.15) is 6.61 Å². The molecule has 106 valence electrons. The Hall–Kier alpha value is -1.43. The lowest BCUT2D eigenvalue weighted by molar-refractivity contribution is -0.142. The van der Waals surface area contributed by atoms with Crippen LogP contribution in [0.15, 0.2) is 4.52 Å². The largest absolute Gasteiger partial charge is 0.481 e. The van der Waals surface area contributed by atoms with Crippen LogP contribution in [0.4, 0.5) is 0 Å². The Morgan fingerprint density at radius 3 is 3.00 bits per heavy atom. The molecule has 0 aliphatic heterocycles. The number of carboxylic acids is 1. The first-order valence-corrected chi connectivity index (χ1v) is 6.74. The molecule has 0 aromatic carbocycles. The fourth-order valence-electron chi connectivity index (χ4n) is 2.62. The van der Waals surface area contributed by atoms with Crippen molar-refractivity contribution in [3.05, 3.63) is 11.7 Å². The lowest BCUT2D eigenvalue weighted by Crippen LogP contribution is -2.17. The number of rotatable bonds is 6. The zero-order chi connectivity index (χ0) is 13.8. The SMILES string of the molecule is CCCOCc1noc(C2CC(C)CC2C(=O)O)n1. The molecule has 3 atom stereocenters. The molecule has 6 heteroatoms. The molecule has 0 radical (unpaired) electrons. The van der Waals surface area contributed by atoms with Crippen molar-refractivity contribution in [1.29, 1.82) is 0 Å². The average molecular weight is 268 g/mol. The Bertz CT molecular complexity index is 432. The minimum atomic E-state index is -0.781. The first kappa shape index (κ1) is 14.0. The molecule has 1 aromatic heterocycles. The Labute approximate surface area is 112 Å². The van der Waals surface area contributed by atoms with Gasteiger partial charge >= 0.3 is 5.97 Å². The molecule has 3 unspecified atom stereocenters. The molecule has 0 spiro atoms. The van der Waals surface area contributed by atoms with Gasteiger partial charge in [-0.05, 0) is 25.2 Å². The lowest BCUT2D eigenvalue weighted by Gasteiger charge is -2.09. The molecule has 1 saturated carbocycles. The molecule has 1 aliphatic rings. The number of nitrogens with zero attached hydrogens (tertiary/aromatic N) is 2. The predicted octanol–water partition coefficient (Wildman–Crippen LogP) is 2.21. The van der Waals surface area contributed by atoms with E-state index in [-0.39, 0.29) is 5.92 Å². The topological polar surface area (TPSA) is 85.5 Å². The van der Waals surface area contributed by atoms with E-state index in [9.17, 15) is 9.90 Å². The summed E-state index contributed by atoms with van der Waals surface area (Å²) in [4.78, 5) is 15.5. The highest BCUT2D eigenvalue weighted by molar-refractivity contribution is 5.71. The van der Waals surface area contributed by atoms with E-state index < -0.39 is 11.9 Å². The average Bonchev–Trinajstić information content (AvgIpc) is 2.96. The summed E-state index contributed by atoms with van der Waals surface area (Å²) in [5, 5.41) is 13.1. The third kappa shape index (κ3) is 3.32. The van der Waals surface area contributed by atoms with Crippen LogP contribution < -0.4 is 0 Å². The van der Waals surface area contributed by atoms with Crippen molar-refractivity contribution in [3.8, 4) is 0 Å². The molecule has 6 nitrogen and oxygen atoms in total. The van der Waals surface area contributed by atoms with Crippen LogP contribution in [0.25, 0.3) is 0 Å². The summed E-state index contributed by atoms with van der Waals surface area (Å²) in [6, 6.07) is 0. The summed E-state index contributed by atoms with van der Waals surface area (Å²) in [5.74, 6) is -0.0621. The quantitative estimate of drug-likeness (QED) is 0.796. The molecule has 1 aliphatic carbocycles. The Morgan fingerprint density at radius 2 is 2.32 bits per heavy atom. The first-order valence-electron chi connectivity index (χ1n) is 6.74. The van der Waals surface area contributed by atoms with E-state index in [0.29, 0.717) is 37.3 Å². The smallest absolute Gasteiger partial charge is 0.307 e. The van der Waals surface area contributed by atoms with Crippen molar-refractivity contribution in [1.82, 2.24) is 10.1 Å². The summed E-state index contributed by atoms with van der Waals surface area (Å²) in [7, 11) is 0. The molecule has 19 heavy (non-hydrogen) atoms. The minimum absolute atomic E-state index is 0.167. The zero-order valence-electron chi connectivity index (χ0n) is 11.3. The van der Waals surface area contributed by atoms with E-state index in [1.807, 2.05) is 6.92 Å². The first-order chi connectivity index (χ1) is 9.11. The molecule has 0 bridgehead atoms.